The maximum atomic E-state index is 11.8. The van der Waals surface area contributed by atoms with E-state index in [0.717, 1.165) is 66.8 Å². The van der Waals surface area contributed by atoms with Gasteiger partial charge in [0.2, 0.25) is 0 Å². The summed E-state index contributed by atoms with van der Waals surface area (Å²) in [6.45, 7) is 29.7. The second kappa shape index (κ2) is 40.4. The van der Waals surface area contributed by atoms with E-state index >= 15 is 0 Å². The molecule has 0 bridgehead atoms. The second-order valence-corrected chi connectivity index (χ2v) is 16.4. The highest BCUT2D eigenvalue weighted by Crippen LogP contribution is 2.29. The molecule has 0 aliphatic heterocycles. The summed E-state index contributed by atoms with van der Waals surface area (Å²) in [7, 11) is 0. The maximum absolute atomic E-state index is 11.8. The summed E-state index contributed by atoms with van der Waals surface area (Å²) in [5.74, 6) is -8.95. The van der Waals surface area contributed by atoms with E-state index in [9.17, 15) is 57.8 Å². The summed E-state index contributed by atoms with van der Waals surface area (Å²) in [6.07, 6.45) is 9.88. The monoisotopic (exact) mass is 1120 g/mol. The summed E-state index contributed by atoms with van der Waals surface area (Å²) in [5.41, 5.74) is -5.63. The fourth-order valence-corrected chi connectivity index (χ4v) is 5.41. The van der Waals surface area contributed by atoms with Crippen LogP contribution < -0.4 is 0 Å². The predicted molar refractivity (Wildman–Crippen MR) is 276 cm³/mol. The Hall–Kier alpha value is -8.81. The molecule has 1 N–H and O–H groups in total. The molecule has 0 fully saturated rings. The van der Waals surface area contributed by atoms with Crippen LogP contribution in [-0.4, -0.2) is 176 Å². The Morgan fingerprint density at radius 3 is 0.494 bits per heavy atom. The lowest BCUT2D eigenvalue weighted by atomic mass is 9.86. The fourth-order valence-electron chi connectivity index (χ4n) is 5.41. The van der Waals surface area contributed by atoms with Crippen LogP contribution in [0.4, 0.5) is 0 Å². The third-order valence-corrected chi connectivity index (χ3v) is 9.84. The predicted octanol–water partition coefficient (Wildman–Crippen LogP) is 2.36. The smallest absolute Gasteiger partial charge is 0.330 e. The highest BCUT2D eigenvalue weighted by atomic mass is 16.6. The zero-order valence-electron chi connectivity index (χ0n) is 43.9. The Morgan fingerprint density at radius 1 is 0.241 bits per heavy atom. The molecule has 0 saturated heterocycles. The van der Waals surface area contributed by atoms with E-state index in [1.54, 1.807) is 0 Å². The molecule has 0 aromatic heterocycles. The summed E-state index contributed by atoms with van der Waals surface area (Å²) >= 11 is 0. The van der Waals surface area contributed by atoms with E-state index in [-0.39, 0.29) is 32.8 Å². The molecule has 0 spiro atoms. The molecular weight excluding hydrogens is 1050 g/mol. The Balaban J connectivity index is 0. The number of hydrogen-bond acceptors (Lipinski definition) is 25. The van der Waals surface area contributed by atoms with Gasteiger partial charge in [0.25, 0.3) is 0 Å². The average molecular weight is 1120 g/mol. The normalized spacial score (nSPS) is 10.6. The van der Waals surface area contributed by atoms with Crippen molar-refractivity contribution in [3.05, 3.63) is 139 Å². The molecule has 0 amide bonds. The molecule has 0 atom stereocenters. The van der Waals surface area contributed by atoms with Crippen LogP contribution in [0.1, 0.15) is 6.42 Å². The first-order valence-electron chi connectivity index (χ1n) is 23.0. The first kappa shape index (κ1) is 72.3. The highest BCUT2D eigenvalue weighted by Gasteiger charge is 2.42. The highest BCUT2D eigenvalue weighted by molar-refractivity contribution is 5.85. The van der Waals surface area contributed by atoms with Gasteiger partial charge in [0.1, 0.15) is 72.7 Å². The molecule has 25 heteroatoms. The quantitative estimate of drug-likeness (QED) is 0.0520. The Kier molecular flexibility index (Phi) is 37.0. The van der Waals surface area contributed by atoms with Crippen molar-refractivity contribution in [2.75, 3.05) is 106 Å². The topological polar surface area (TPSA) is 328 Å². The average Bonchev–Trinajstić information content (AvgIpc) is 3.47. The molecule has 434 valence electrons. The van der Waals surface area contributed by atoms with Gasteiger partial charge < -0.3 is 66.7 Å². The van der Waals surface area contributed by atoms with E-state index in [0.29, 0.717) is 0 Å². The van der Waals surface area contributed by atoms with Crippen LogP contribution in [0.25, 0.3) is 0 Å². The lowest BCUT2D eigenvalue weighted by Gasteiger charge is -2.35. The minimum atomic E-state index is -1.49. The Bertz CT molecular complexity index is 1930. The van der Waals surface area contributed by atoms with Crippen LogP contribution in [-0.2, 0) is 114 Å². The number of rotatable bonds is 43. The SMILES string of the molecule is C=CC(=O)OCC(CCO)(COCC(COC(=O)C=C)(COC(=O)C=C)COC(=O)C=C)COC(=O)C=C.C=CC(=O)OCC(COCC(COC(=O)C=C)(COC(=O)C=C)COC(=O)C=C)(COC(=O)C=C)COC(=O)C=C. The van der Waals surface area contributed by atoms with Gasteiger partial charge in [-0.05, 0) is 6.42 Å². The fraction of sp³-hybridized carbons (Fsp3) is 0.389. The van der Waals surface area contributed by atoms with Crippen LogP contribution in [0.5, 0.6) is 0 Å². The van der Waals surface area contributed by atoms with Crippen molar-refractivity contribution in [2.45, 2.75) is 6.42 Å². The molecule has 0 unspecified atom stereocenters. The molecule has 0 aromatic rings. The van der Waals surface area contributed by atoms with Crippen LogP contribution >= 0.6 is 0 Å². The van der Waals surface area contributed by atoms with Crippen molar-refractivity contribution in [2.24, 2.45) is 21.7 Å². The van der Waals surface area contributed by atoms with Gasteiger partial charge in [0.15, 0.2) is 0 Å². The first-order chi connectivity index (χ1) is 37.5. The summed E-state index contributed by atoms with van der Waals surface area (Å²) in [5, 5.41) is 9.65. The van der Waals surface area contributed by atoms with E-state index in [4.69, 9.17) is 61.6 Å². The number of hydrogen-bond donors (Lipinski definition) is 1. The van der Waals surface area contributed by atoms with Gasteiger partial charge in [0, 0.05) is 73.4 Å². The van der Waals surface area contributed by atoms with Gasteiger partial charge in [-0.25, -0.2) is 52.7 Å². The van der Waals surface area contributed by atoms with Crippen molar-refractivity contribution in [3.63, 3.8) is 0 Å². The van der Waals surface area contributed by atoms with Gasteiger partial charge >= 0.3 is 65.7 Å². The zero-order valence-corrected chi connectivity index (χ0v) is 43.9. The van der Waals surface area contributed by atoms with Crippen molar-refractivity contribution < 1.29 is 119 Å². The lowest BCUT2D eigenvalue weighted by Crippen LogP contribution is -2.47. The lowest BCUT2D eigenvalue weighted by molar-refractivity contribution is -0.171. The van der Waals surface area contributed by atoms with Crippen LogP contribution in [0, 0.1) is 21.7 Å². The van der Waals surface area contributed by atoms with E-state index in [2.05, 4.69) is 72.4 Å². The Morgan fingerprint density at radius 2 is 0.367 bits per heavy atom. The molecule has 0 aromatic carbocycles. The van der Waals surface area contributed by atoms with Gasteiger partial charge in [-0.3, -0.25) is 0 Å². The van der Waals surface area contributed by atoms with Crippen molar-refractivity contribution in [1.82, 2.24) is 0 Å². The molecule has 0 aliphatic carbocycles. The molecule has 0 rings (SSSR count). The van der Waals surface area contributed by atoms with Crippen LogP contribution in [0.15, 0.2) is 139 Å². The minimum absolute atomic E-state index is 0.0306. The van der Waals surface area contributed by atoms with Crippen LogP contribution in [0.2, 0.25) is 0 Å². The van der Waals surface area contributed by atoms with Gasteiger partial charge in [-0.2, -0.15) is 0 Å². The number of esters is 11. The molecule has 0 aliphatic rings. The third-order valence-electron chi connectivity index (χ3n) is 9.84. The molecule has 0 radical (unpaired) electrons. The van der Waals surface area contributed by atoms with E-state index in [1.165, 1.54) is 0 Å². The number of ether oxygens (including phenoxy) is 13. The number of carbonyl (C=O) groups excluding carboxylic acids is 11. The van der Waals surface area contributed by atoms with Crippen LogP contribution in [0.3, 0.4) is 0 Å². The molecule has 0 saturated carbocycles. The van der Waals surface area contributed by atoms with E-state index < -0.39 is 167 Å². The van der Waals surface area contributed by atoms with Gasteiger partial charge in [0.05, 0.1) is 48.1 Å². The van der Waals surface area contributed by atoms with E-state index in [1.807, 2.05) is 0 Å². The second-order valence-electron chi connectivity index (χ2n) is 16.4. The number of aliphatic hydroxyl groups excluding tert-OH is 1. The van der Waals surface area contributed by atoms with Crippen molar-refractivity contribution in [1.29, 1.82) is 0 Å². The van der Waals surface area contributed by atoms with Crippen molar-refractivity contribution in [3.8, 4) is 0 Å². The largest absolute Gasteiger partial charge is 0.462 e. The number of aliphatic hydroxyl groups is 1. The maximum Gasteiger partial charge on any atom is 0.330 e. The van der Waals surface area contributed by atoms with Gasteiger partial charge in [-0.15, -0.1) is 0 Å². The van der Waals surface area contributed by atoms with Crippen molar-refractivity contribution >= 4 is 65.7 Å². The molecule has 79 heavy (non-hydrogen) atoms. The first-order valence-corrected chi connectivity index (χ1v) is 23.0. The summed E-state index contributed by atoms with van der Waals surface area (Å²) in [4.78, 5) is 130. The number of carbonyl (C=O) groups is 11. The molecular formula is C54H68O25. The standard InChI is InChI=1S/C28H34O13.C26H34O12/c1-7-21(29)36-15-27(16-37-22(30)8-2,17-38-23(31)9-3)13-35-14-28(18-39-24(32)10-4,19-40-25(33)11-5)20-41-26(34)12-6;1-6-20(28)34-15-25(11-12-27,16-35-21(29)7-2)13-33-14-26(17-36-22(30)8-3,18-37-23(31)9-4)19-38-24(32)10-5/h7-12H,1-6,13-20H2;6-10,27H,1-5,11-19H2. The van der Waals surface area contributed by atoms with Gasteiger partial charge in [-0.1, -0.05) is 72.4 Å². The summed E-state index contributed by atoms with van der Waals surface area (Å²) in [6, 6.07) is 0. The Labute approximate surface area is 457 Å². The molecule has 25 nitrogen and oxygen atoms in total. The third kappa shape index (κ3) is 31.7. The zero-order chi connectivity index (χ0) is 60.3. The molecule has 0 heterocycles. The minimum Gasteiger partial charge on any atom is -0.462 e. The summed E-state index contributed by atoms with van der Waals surface area (Å²) < 4.78 is 68.2.